The summed E-state index contributed by atoms with van der Waals surface area (Å²) < 4.78 is 29.0. The number of hydrogen-bond acceptors (Lipinski definition) is 9. The van der Waals surface area contributed by atoms with Gasteiger partial charge in [0.05, 0.1) is 29.7 Å². The summed E-state index contributed by atoms with van der Waals surface area (Å²) >= 11 is 3.44. The molecule has 0 spiro atoms. The molecule has 0 aromatic heterocycles. The number of benzene rings is 1. The Balaban J connectivity index is 1.45. The van der Waals surface area contributed by atoms with Crippen molar-refractivity contribution in [2.24, 2.45) is 5.92 Å². The van der Waals surface area contributed by atoms with Gasteiger partial charge < -0.3 is 20.5 Å². The van der Waals surface area contributed by atoms with Crippen molar-refractivity contribution < 1.29 is 27.9 Å². The van der Waals surface area contributed by atoms with Gasteiger partial charge in [-0.2, -0.15) is 11.8 Å². The molecule has 3 aliphatic rings. The highest BCUT2D eigenvalue weighted by molar-refractivity contribution is 8.00. The van der Waals surface area contributed by atoms with Crippen LogP contribution in [0.3, 0.4) is 0 Å². The minimum Gasteiger partial charge on any atom is -0.445 e. The van der Waals surface area contributed by atoms with Crippen molar-refractivity contribution in [2.45, 2.75) is 80.0 Å². The third kappa shape index (κ3) is 9.01. The van der Waals surface area contributed by atoms with Crippen LogP contribution in [-0.2, 0) is 19.4 Å². The molecule has 218 valence electrons. The van der Waals surface area contributed by atoms with E-state index in [9.17, 15) is 23.1 Å². The molecule has 0 bridgehead atoms. The average Bonchev–Trinajstić information content (AvgIpc) is 3.45. The Bertz CT molecular complexity index is 1100. The maximum absolute atomic E-state index is 13.3. The molecule has 0 unspecified atom stereocenters. The number of nitrogens with zero attached hydrogens (tertiary/aromatic N) is 1. The number of hydrogen-bond donors (Lipinski definition) is 3. The van der Waals surface area contributed by atoms with E-state index >= 15 is 0 Å². The van der Waals surface area contributed by atoms with Crippen LogP contribution < -0.4 is 10.6 Å². The van der Waals surface area contributed by atoms with Gasteiger partial charge >= 0.3 is 6.09 Å². The summed E-state index contributed by atoms with van der Waals surface area (Å²) in [6.07, 6.45) is -0.268. The fraction of sp³-hybridized carbons (Fsp3) is 0.704. The fourth-order valence-corrected chi connectivity index (χ4v) is 9.57. The van der Waals surface area contributed by atoms with Crippen molar-refractivity contribution in [1.82, 2.24) is 15.5 Å². The van der Waals surface area contributed by atoms with Gasteiger partial charge in [0.25, 0.3) is 0 Å². The van der Waals surface area contributed by atoms with E-state index in [0.717, 1.165) is 30.0 Å². The minimum atomic E-state index is -3.19. The zero-order valence-electron chi connectivity index (χ0n) is 22.9. The number of carbonyl (C=O) groups is 2. The molecular weight excluding hydrogens is 559 g/mol. The maximum Gasteiger partial charge on any atom is 0.407 e. The van der Waals surface area contributed by atoms with Crippen LogP contribution in [0, 0.1) is 5.92 Å². The van der Waals surface area contributed by atoms with Crippen molar-refractivity contribution in [3.05, 3.63) is 30.3 Å². The number of rotatable bonds is 9. The number of sulfone groups is 1. The lowest BCUT2D eigenvalue weighted by Gasteiger charge is -2.43. The van der Waals surface area contributed by atoms with E-state index in [4.69, 9.17) is 4.74 Å². The quantitative estimate of drug-likeness (QED) is 0.367. The summed E-state index contributed by atoms with van der Waals surface area (Å²) in [5.41, 5.74) is -0.366. The molecule has 6 atom stereocenters. The largest absolute Gasteiger partial charge is 0.445 e. The lowest BCUT2D eigenvalue weighted by Crippen LogP contribution is -2.60. The van der Waals surface area contributed by atoms with Gasteiger partial charge in [0.15, 0.2) is 9.84 Å². The second kappa shape index (κ2) is 13.0. The number of fused-ring (bicyclic) bond motifs is 1. The van der Waals surface area contributed by atoms with Crippen LogP contribution in [0.15, 0.2) is 35.2 Å². The first-order chi connectivity index (χ1) is 18.4. The predicted molar refractivity (Wildman–Crippen MR) is 156 cm³/mol. The molecule has 0 radical (unpaired) electrons. The van der Waals surface area contributed by atoms with E-state index < -0.39 is 34.2 Å². The van der Waals surface area contributed by atoms with Crippen molar-refractivity contribution in [3.63, 3.8) is 0 Å². The predicted octanol–water partition coefficient (Wildman–Crippen LogP) is 2.53. The summed E-state index contributed by atoms with van der Waals surface area (Å²) in [6.45, 7) is 6.83. The number of alkyl carbamates (subject to hydrolysis) is 1. The van der Waals surface area contributed by atoms with Gasteiger partial charge in [0, 0.05) is 34.5 Å². The fourth-order valence-electron chi connectivity index (χ4n) is 5.40. The van der Waals surface area contributed by atoms with E-state index in [1.807, 2.05) is 62.9 Å². The second-order valence-corrected chi connectivity index (χ2v) is 16.4. The number of thioether (sulfide) groups is 2. The Kier molecular flexibility index (Phi) is 10.2. The van der Waals surface area contributed by atoms with Crippen LogP contribution in [0.5, 0.6) is 0 Å². The molecule has 9 nitrogen and oxygen atoms in total. The molecule has 3 N–H and O–H groups in total. The second-order valence-electron chi connectivity index (χ2n) is 11.8. The minimum absolute atomic E-state index is 0.00822. The van der Waals surface area contributed by atoms with Crippen LogP contribution in [0.25, 0.3) is 0 Å². The topological polar surface area (TPSA) is 125 Å². The van der Waals surface area contributed by atoms with Gasteiger partial charge in [-0.3, -0.25) is 9.69 Å². The molecule has 2 amide bonds. The van der Waals surface area contributed by atoms with E-state index in [2.05, 4.69) is 15.5 Å². The number of β-amino-alcohol motifs (C(OH)–C–C–N with tert-alkyl or cyclic N) is 1. The molecule has 1 aromatic carbocycles. The highest BCUT2D eigenvalue weighted by Gasteiger charge is 2.43. The van der Waals surface area contributed by atoms with Crippen LogP contribution in [0.1, 0.15) is 40.0 Å². The first kappa shape index (κ1) is 30.5. The number of likely N-dealkylation sites (tertiary alicyclic amines) is 1. The molecule has 39 heavy (non-hydrogen) atoms. The van der Waals surface area contributed by atoms with Crippen molar-refractivity contribution in [3.8, 4) is 0 Å². The molecule has 12 heteroatoms. The summed E-state index contributed by atoms with van der Waals surface area (Å²) in [5.74, 6) is 1.74. The van der Waals surface area contributed by atoms with Crippen molar-refractivity contribution >= 4 is 45.4 Å². The number of ether oxygens (including phenoxy) is 1. The zero-order chi connectivity index (χ0) is 28.2. The SMILES string of the molecule is CC(C)(C)NC(=O)[C@@H]1C[C@@H]2SCC[C@@H]2CN1C[C@@H](O)[C@H](CSc1ccccc1)NC(=O)O[C@H]1CCS(=O)(=O)C1. The Morgan fingerprint density at radius 1 is 1.23 bits per heavy atom. The molecular formula is C27H41N3O6S3. The van der Waals surface area contributed by atoms with Crippen LogP contribution in [-0.4, -0.2) is 102 Å². The number of piperidine rings is 1. The van der Waals surface area contributed by atoms with Gasteiger partial charge in [-0.15, -0.1) is 11.8 Å². The van der Waals surface area contributed by atoms with E-state index in [0.29, 0.717) is 16.9 Å². The van der Waals surface area contributed by atoms with Crippen LogP contribution >= 0.6 is 23.5 Å². The summed E-state index contributed by atoms with van der Waals surface area (Å²) in [6, 6.07) is 8.69. The Labute approximate surface area is 240 Å². The average molecular weight is 600 g/mol. The molecule has 3 heterocycles. The Morgan fingerprint density at radius 2 is 1.97 bits per heavy atom. The summed E-state index contributed by atoms with van der Waals surface area (Å²) in [5, 5.41) is 17.8. The standard InChI is InChI=1S/C27H41N3O6S3/c1-27(2,3)29-25(32)22-13-24-18(9-11-37-24)14-30(22)15-23(31)21(16-38-20-7-5-4-6-8-20)28-26(33)36-19-10-12-39(34,35)17-19/h4-8,18-19,21-24,31H,9-17H2,1-3H3,(H,28,33)(H,29,32)/t18-,19+,21+,22+,23-,24+/m1/s1. The smallest absolute Gasteiger partial charge is 0.407 e. The number of aliphatic hydroxyl groups excluding tert-OH is 1. The number of amides is 2. The Hall–Kier alpha value is -1.47. The summed E-state index contributed by atoms with van der Waals surface area (Å²) in [7, 11) is -3.19. The lowest BCUT2D eigenvalue weighted by molar-refractivity contribution is -0.130. The van der Waals surface area contributed by atoms with Crippen molar-refractivity contribution in [2.75, 3.05) is 36.1 Å². The van der Waals surface area contributed by atoms with Gasteiger partial charge in [0.2, 0.25) is 5.91 Å². The molecule has 0 saturated carbocycles. The molecule has 3 saturated heterocycles. The zero-order valence-corrected chi connectivity index (χ0v) is 25.3. The normalized spacial score (nSPS) is 28.3. The monoisotopic (exact) mass is 599 g/mol. The molecule has 4 rings (SSSR count). The number of nitrogens with one attached hydrogen (secondary N) is 2. The van der Waals surface area contributed by atoms with E-state index in [1.165, 1.54) is 11.8 Å². The first-order valence-electron chi connectivity index (χ1n) is 13.6. The lowest BCUT2D eigenvalue weighted by atomic mass is 9.89. The third-order valence-corrected chi connectivity index (χ3v) is 11.7. The molecule has 0 aliphatic carbocycles. The number of aliphatic hydroxyl groups is 1. The first-order valence-corrected chi connectivity index (χ1v) is 17.5. The Morgan fingerprint density at radius 3 is 2.64 bits per heavy atom. The molecule has 3 aliphatic heterocycles. The number of carbonyl (C=O) groups excluding carboxylic acids is 2. The van der Waals surface area contributed by atoms with Crippen molar-refractivity contribution in [1.29, 1.82) is 0 Å². The molecule has 1 aromatic rings. The van der Waals surface area contributed by atoms with E-state index in [-0.39, 0.29) is 42.0 Å². The highest BCUT2D eigenvalue weighted by Crippen LogP contribution is 2.40. The van der Waals surface area contributed by atoms with Crippen LogP contribution in [0.2, 0.25) is 0 Å². The van der Waals surface area contributed by atoms with Gasteiger partial charge in [-0.05, 0) is 63.8 Å². The van der Waals surface area contributed by atoms with Crippen LogP contribution in [0.4, 0.5) is 4.79 Å². The maximum atomic E-state index is 13.3. The third-order valence-electron chi connectivity index (χ3n) is 7.34. The van der Waals surface area contributed by atoms with Gasteiger partial charge in [0.1, 0.15) is 6.10 Å². The molecule has 3 fully saturated rings. The van der Waals surface area contributed by atoms with Gasteiger partial charge in [-0.25, -0.2) is 13.2 Å². The summed E-state index contributed by atoms with van der Waals surface area (Å²) in [4.78, 5) is 29.2. The van der Waals surface area contributed by atoms with E-state index in [1.54, 1.807) is 0 Å². The van der Waals surface area contributed by atoms with Gasteiger partial charge in [-0.1, -0.05) is 18.2 Å². The highest BCUT2D eigenvalue weighted by atomic mass is 32.2.